The van der Waals surface area contributed by atoms with Gasteiger partial charge < -0.3 is 20.5 Å². The Morgan fingerprint density at radius 1 is 1.47 bits per heavy atom. The molecule has 106 valence electrons. The molecular formula is C13H19BrN2O3. The first-order chi connectivity index (χ1) is 8.93. The Morgan fingerprint density at radius 2 is 2.16 bits per heavy atom. The van der Waals surface area contributed by atoms with Crippen LogP contribution in [0.4, 0.5) is 0 Å². The fourth-order valence-corrected chi connectivity index (χ4v) is 2.07. The van der Waals surface area contributed by atoms with E-state index in [4.69, 9.17) is 4.74 Å². The van der Waals surface area contributed by atoms with E-state index in [0.29, 0.717) is 16.8 Å². The molecule has 19 heavy (non-hydrogen) atoms. The van der Waals surface area contributed by atoms with Gasteiger partial charge in [0.15, 0.2) is 11.5 Å². The average Bonchev–Trinajstić information content (AvgIpc) is 2.32. The summed E-state index contributed by atoms with van der Waals surface area (Å²) in [5, 5.41) is 15.5. The lowest BCUT2D eigenvalue weighted by molar-refractivity contribution is -0.120. The normalized spacial score (nSPS) is 10.6. The van der Waals surface area contributed by atoms with Crippen LogP contribution in [-0.4, -0.2) is 30.7 Å². The molecule has 0 atom stereocenters. The molecular weight excluding hydrogens is 312 g/mol. The molecule has 1 amide bonds. The minimum absolute atomic E-state index is 0.0418. The zero-order valence-corrected chi connectivity index (χ0v) is 12.9. The SMILES string of the molecule is COc1cc(CNCC(=O)NC(C)C)cc(Br)c1O. The number of hydrogen-bond acceptors (Lipinski definition) is 4. The number of benzene rings is 1. The highest BCUT2D eigenvalue weighted by atomic mass is 79.9. The second-order valence-electron chi connectivity index (χ2n) is 4.45. The smallest absolute Gasteiger partial charge is 0.234 e. The minimum Gasteiger partial charge on any atom is -0.503 e. The lowest BCUT2D eigenvalue weighted by atomic mass is 10.2. The Kier molecular flexibility index (Phi) is 6.11. The highest BCUT2D eigenvalue weighted by molar-refractivity contribution is 9.10. The fourth-order valence-electron chi connectivity index (χ4n) is 1.58. The maximum absolute atomic E-state index is 11.4. The quantitative estimate of drug-likeness (QED) is 0.743. The number of methoxy groups -OCH3 is 1. The highest BCUT2D eigenvalue weighted by Crippen LogP contribution is 2.35. The van der Waals surface area contributed by atoms with Crippen LogP contribution in [0.2, 0.25) is 0 Å². The van der Waals surface area contributed by atoms with Gasteiger partial charge in [-0.15, -0.1) is 0 Å². The third-order valence-electron chi connectivity index (χ3n) is 2.37. The van der Waals surface area contributed by atoms with Gasteiger partial charge in [0.2, 0.25) is 5.91 Å². The predicted octanol–water partition coefficient (Wildman–Crippen LogP) is 1.78. The van der Waals surface area contributed by atoms with Crippen LogP contribution in [-0.2, 0) is 11.3 Å². The number of ether oxygens (including phenoxy) is 1. The van der Waals surface area contributed by atoms with Crippen LogP contribution in [0.1, 0.15) is 19.4 Å². The van der Waals surface area contributed by atoms with Crippen molar-refractivity contribution in [2.75, 3.05) is 13.7 Å². The minimum atomic E-state index is -0.0418. The van der Waals surface area contributed by atoms with Crippen molar-refractivity contribution < 1.29 is 14.6 Å². The number of rotatable bonds is 6. The van der Waals surface area contributed by atoms with Gasteiger partial charge >= 0.3 is 0 Å². The van der Waals surface area contributed by atoms with Gasteiger partial charge in [0.1, 0.15) is 0 Å². The second kappa shape index (κ2) is 7.35. The van der Waals surface area contributed by atoms with Crippen LogP contribution < -0.4 is 15.4 Å². The molecule has 5 nitrogen and oxygen atoms in total. The Hall–Kier alpha value is -1.27. The van der Waals surface area contributed by atoms with Crippen molar-refractivity contribution in [2.24, 2.45) is 0 Å². The van der Waals surface area contributed by atoms with Crippen LogP contribution in [0.25, 0.3) is 0 Å². The van der Waals surface area contributed by atoms with E-state index in [9.17, 15) is 9.90 Å². The van der Waals surface area contributed by atoms with Crippen LogP contribution in [0.3, 0.4) is 0 Å². The molecule has 1 aromatic rings. The summed E-state index contributed by atoms with van der Waals surface area (Å²) >= 11 is 3.25. The van der Waals surface area contributed by atoms with Gasteiger partial charge in [-0.1, -0.05) is 0 Å². The van der Waals surface area contributed by atoms with Crippen molar-refractivity contribution in [3.8, 4) is 11.5 Å². The largest absolute Gasteiger partial charge is 0.503 e. The van der Waals surface area contributed by atoms with Gasteiger partial charge in [0, 0.05) is 12.6 Å². The van der Waals surface area contributed by atoms with Gasteiger partial charge in [-0.05, 0) is 47.5 Å². The van der Waals surface area contributed by atoms with Crippen molar-refractivity contribution >= 4 is 21.8 Å². The van der Waals surface area contributed by atoms with E-state index in [1.54, 1.807) is 12.1 Å². The summed E-state index contributed by atoms with van der Waals surface area (Å²) in [4.78, 5) is 11.4. The van der Waals surface area contributed by atoms with E-state index in [2.05, 4.69) is 26.6 Å². The summed E-state index contributed by atoms with van der Waals surface area (Å²) in [6.07, 6.45) is 0. The number of halogens is 1. The summed E-state index contributed by atoms with van der Waals surface area (Å²) in [5.74, 6) is 0.432. The molecule has 0 bridgehead atoms. The Morgan fingerprint density at radius 3 is 2.74 bits per heavy atom. The van der Waals surface area contributed by atoms with E-state index in [1.165, 1.54) is 7.11 Å². The molecule has 1 rings (SSSR count). The predicted molar refractivity (Wildman–Crippen MR) is 77.3 cm³/mol. The number of carbonyl (C=O) groups excluding carboxylic acids is 1. The Bertz CT molecular complexity index is 450. The topological polar surface area (TPSA) is 70.6 Å². The Labute approximate surface area is 121 Å². The van der Waals surface area contributed by atoms with Crippen LogP contribution in [0, 0.1) is 0 Å². The molecule has 0 aliphatic rings. The van der Waals surface area contributed by atoms with Gasteiger partial charge in [-0.25, -0.2) is 0 Å². The van der Waals surface area contributed by atoms with E-state index >= 15 is 0 Å². The lowest BCUT2D eigenvalue weighted by Gasteiger charge is -2.11. The molecule has 0 fully saturated rings. The number of carbonyl (C=O) groups is 1. The zero-order valence-electron chi connectivity index (χ0n) is 11.3. The second-order valence-corrected chi connectivity index (χ2v) is 5.31. The van der Waals surface area contributed by atoms with Gasteiger partial charge in [-0.3, -0.25) is 4.79 Å². The van der Waals surface area contributed by atoms with Crippen LogP contribution in [0.5, 0.6) is 11.5 Å². The summed E-state index contributed by atoms with van der Waals surface area (Å²) in [6, 6.07) is 3.65. The standard InChI is InChI=1S/C13H19BrN2O3/c1-8(2)16-12(17)7-15-6-9-4-10(14)13(18)11(5-9)19-3/h4-5,8,15,18H,6-7H2,1-3H3,(H,16,17). The Balaban J connectivity index is 2.54. The molecule has 0 radical (unpaired) electrons. The lowest BCUT2D eigenvalue weighted by Crippen LogP contribution is -2.37. The highest BCUT2D eigenvalue weighted by Gasteiger charge is 2.09. The van der Waals surface area contributed by atoms with Crippen LogP contribution in [0.15, 0.2) is 16.6 Å². The number of hydrogen-bond donors (Lipinski definition) is 3. The van der Waals surface area contributed by atoms with E-state index < -0.39 is 0 Å². The third kappa shape index (κ3) is 5.08. The summed E-state index contributed by atoms with van der Waals surface area (Å²) in [7, 11) is 1.49. The van der Waals surface area contributed by atoms with Gasteiger partial charge in [0.25, 0.3) is 0 Å². The summed E-state index contributed by atoms with van der Waals surface area (Å²) < 4.78 is 5.62. The van der Waals surface area contributed by atoms with E-state index in [-0.39, 0.29) is 24.2 Å². The molecule has 1 aromatic carbocycles. The first kappa shape index (κ1) is 15.8. The maximum atomic E-state index is 11.4. The molecule has 0 saturated heterocycles. The van der Waals surface area contributed by atoms with Crippen molar-refractivity contribution in [2.45, 2.75) is 26.4 Å². The van der Waals surface area contributed by atoms with E-state index in [1.807, 2.05) is 13.8 Å². The molecule has 0 aliphatic heterocycles. The maximum Gasteiger partial charge on any atom is 0.234 e. The summed E-state index contributed by atoms with van der Waals surface area (Å²) in [5.41, 5.74) is 0.916. The molecule has 0 aliphatic carbocycles. The molecule has 0 heterocycles. The number of phenols is 1. The van der Waals surface area contributed by atoms with Gasteiger partial charge in [-0.2, -0.15) is 0 Å². The van der Waals surface area contributed by atoms with E-state index in [0.717, 1.165) is 5.56 Å². The van der Waals surface area contributed by atoms with Crippen molar-refractivity contribution in [3.63, 3.8) is 0 Å². The first-order valence-corrected chi connectivity index (χ1v) is 6.78. The molecule has 6 heteroatoms. The number of nitrogens with one attached hydrogen (secondary N) is 2. The fraction of sp³-hybridized carbons (Fsp3) is 0.462. The molecule has 0 unspecified atom stereocenters. The first-order valence-electron chi connectivity index (χ1n) is 5.99. The number of aromatic hydroxyl groups is 1. The van der Waals surface area contributed by atoms with Crippen molar-refractivity contribution in [1.29, 1.82) is 0 Å². The molecule has 0 spiro atoms. The number of phenolic OH excluding ortho intramolecular Hbond substituents is 1. The van der Waals surface area contributed by atoms with Gasteiger partial charge in [0.05, 0.1) is 18.1 Å². The van der Waals surface area contributed by atoms with Crippen molar-refractivity contribution in [1.82, 2.24) is 10.6 Å². The molecule has 0 aromatic heterocycles. The average molecular weight is 331 g/mol. The third-order valence-corrected chi connectivity index (χ3v) is 2.98. The van der Waals surface area contributed by atoms with Crippen LogP contribution >= 0.6 is 15.9 Å². The van der Waals surface area contributed by atoms with Crippen molar-refractivity contribution in [3.05, 3.63) is 22.2 Å². The molecule has 3 N–H and O–H groups in total. The number of amides is 1. The zero-order chi connectivity index (χ0) is 14.4. The molecule has 0 saturated carbocycles. The summed E-state index contributed by atoms with van der Waals surface area (Å²) in [6.45, 7) is 4.60. The monoisotopic (exact) mass is 330 g/mol.